The molecule has 0 spiro atoms. The topological polar surface area (TPSA) is 78.3 Å². The zero-order chi connectivity index (χ0) is 17.4. The number of halogens is 3. The molecule has 2 atom stereocenters. The molecule has 1 saturated carbocycles. The van der Waals surface area contributed by atoms with E-state index in [-0.39, 0.29) is 30.9 Å². The minimum Gasteiger partial charge on any atom is -0.370 e. The molecule has 3 rings (SSSR count). The summed E-state index contributed by atoms with van der Waals surface area (Å²) >= 11 is 0. The van der Waals surface area contributed by atoms with E-state index >= 15 is 0 Å². The van der Waals surface area contributed by atoms with Crippen LogP contribution in [0.3, 0.4) is 0 Å². The molecule has 1 amide bonds. The Balaban J connectivity index is 1.65. The van der Waals surface area contributed by atoms with E-state index < -0.39 is 12.1 Å². The number of ether oxygens (including phenoxy) is 2. The molecule has 0 aromatic carbocycles. The molecule has 7 nitrogen and oxygen atoms in total. The lowest BCUT2D eigenvalue weighted by molar-refractivity contribution is -0.402. The Labute approximate surface area is 136 Å². The van der Waals surface area contributed by atoms with Crippen molar-refractivity contribution in [1.29, 1.82) is 0 Å². The summed E-state index contributed by atoms with van der Waals surface area (Å²) in [5.41, 5.74) is -1.01. The van der Waals surface area contributed by atoms with E-state index in [0.29, 0.717) is 31.6 Å². The van der Waals surface area contributed by atoms with Crippen molar-refractivity contribution >= 4 is 5.91 Å². The average molecular weight is 348 g/mol. The standard InChI is InChI=1S/C14H19F3N4O3/c1-9(22)18-10-3-4-12(23-8-10)11-7-21(20-19-11)13(5-2-6-13)24-14(15,16)17/h7,10,12H,2-6,8H2,1H3,(H,18,22)/t10-,12+/m1/s1. The summed E-state index contributed by atoms with van der Waals surface area (Å²) < 4.78 is 49.0. The molecule has 1 aliphatic carbocycles. The summed E-state index contributed by atoms with van der Waals surface area (Å²) in [4.78, 5) is 11.0. The van der Waals surface area contributed by atoms with E-state index in [1.807, 2.05) is 0 Å². The van der Waals surface area contributed by atoms with Gasteiger partial charge in [0.1, 0.15) is 11.8 Å². The fourth-order valence-electron chi connectivity index (χ4n) is 3.08. The fourth-order valence-corrected chi connectivity index (χ4v) is 3.08. The minimum atomic E-state index is -4.72. The first-order chi connectivity index (χ1) is 11.3. The van der Waals surface area contributed by atoms with Gasteiger partial charge in [-0.15, -0.1) is 18.3 Å². The zero-order valence-electron chi connectivity index (χ0n) is 13.2. The van der Waals surface area contributed by atoms with Crippen LogP contribution in [0.4, 0.5) is 13.2 Å². The van der Waals surface area contributed by atoms with E-state index in [1.165, 1.54) is 13.1 Å². The second-order valence-corrected chi connectivity index (χ2v) is 6.23. The second kappa shape index (κ2) is 6.32. The average Bonchev–Trinajstić information content (AvgIpc) is 2.92. The molecule has 0 radical (unpaired) electrons. The molecule has 2 aliphatic rings. The Morgan fingerprint density at radius 2 is 2.21 bits per heavy atom. The van der Waals surface area contributed by atoms with Gasteiger partial charge in [0.2, 0.25) is 5.91 Å². The van der Waals surface area contributed by atoms with Gasteiger partial charge in [-0.05, 0) is 32.1 Å². The van der Waals surface area contributed by atoms with Crippen LogP contribution in [0.25, 0.3) is 0 Å². The van der Waals surface area contributed by atoms with Crippen molar-refractivity contribution < 1.29 is 27.4 Å². The number of alkyl halides is 3. The van der Waals surface area contributed by atoms with Gasteiger partial charge in [0.15, 0.2) is 5.72 Å². The van der Waals surface area contributed by atoms with Gasteiger partial charge >= 0.3 is 6.36 Å². The van der Waals surface area contributed by atoms with Crippen LogP contribution in [0.5, 0.6) is 0 Å². The third-order valence-corrected chi connectivity index (χ3v) is 4.38. The Bertz CT molecular complexity index is 592. The van der Waals surface area contributed by atoms with Crippen LogP contribution < -0.4 is 5.32 Å². The number of nitrogens with one attached hydrogen (secondary N) is 1. The fraction of sp³-hybridized carbons (Fsp3) is 0.786. The molecule has 1 aromatic rings. The summed E-state index contributed by atoms with van der Waals surface area (Å²) in [6, 6.07) is -0.0552. The number of nitrogens with zero attached hydrogens (tertiary/aromatic N) is 3. The highest BCUT2D eigenvalue weighted by Gasteiger charge is 2.50. The molecule has 1 aliphatic heterocycles. The molecule has 134 valence electrons. The van der Waals surface area contributed by atoms with Crippen molar-refractivity contribution in [2.45, 2.75) is 63.3 Å². The maximum atomic E-state index is 12.6. The van der Waals surface area contributed by atoms with Crippen LogP contribution in [-0.4, -0.2) is 39.9 Å². The lowest BCUT2D eigenvalue weighted by Gasteiger charge is -2.41. The van der Waals surface area contributed by atoms with E-state index in [2.05, 4.69) is 20.4 Å². The molecule has 2 fully saturated rings. The summed E-state index contributed by atoms with van der Waals surface area (Å²) in [6.07, 6.45) is -1.15. The van der Waals surface area contributed by atoms with E-state index in [9.17, 15) is 18.0 Å². The lowest BCUT2D eigenvalue weighted by atomic mass is 9.88. The quantitative estimate of drug-likeness (QED) is 0.901. The van der Waals surface area contributed by atoms with Crippen LogP contribution >= 0.6 is 0 Å². The van der Waals surface area contributed by atoms with Crippen LogP contribution in [0.15, 0.2) is 6.20 Å². The van der Waals surface area contributed by atoms with Crippen LogP contribution in [0.2, 0.25) is 0 Å². The Kier molecular flexibility index (Phi) is 4.52. The summed E-state index contributed by atoms with van der Waals surface area (Å²) in [6.45, 7) is 1.78. The van der Waals surface area contributed by atoms with E-state index in [1.54, 1.807) is 0 Å². The summed E-state index contributed by atoms with van der Waals surface area (Å²) in [7, 11) is 0. The van der Waals surface area contributed by atoms with Gasteiger partial charge in [0.05, 0.1) is 18.8 Å². The normalized spacial score (nSPS) is 26.7. The highest BCUT2D eigenvalue weighted by Crippen LogP contribution is 2.44. The monoisotopic (exact) mass is 348 g/mol. The highest BCUT2D eigenvalue weighted by molar-refractivity contribution is 5.73. The van der Waals surface area contributed by atoms with Gasteiger partial charge in [0.25, 0.3) is 0 Å². The summed E-state index contributed by atoms with van der Waals surface area (Å²) in [5, 5.41) is 10.6. The maximum absolute atomic E-state index is 12.6. The molecule has 2 heterocycles. The first-order valence-electron chi connectivity index (χ1n) is 7.86. The highest BCUT2D eigenvalue weighted by atomic mass is 19.4. The first-order valence-corrected chi connectivity index (χ1v) is 7.86. The van der Waals surface area contributed by atoms with Gasteiger partial charge in [-0.25, -0.2) is 4.68 Å². The lowest BCUT2D eigenvalue weighted by Crippen LogP contribution is -2.47. The molecule has 1 aromatic heterocycles. The van der Waals surface area contributed by atoms with Crippen LogP contribution in [-0.2, 0) is 20.0 Å². The van der Waals surface area contributed by atoms with Gasteiger partial charge in [-0.1, -0.05) is 5.21 Å². The zero-order valence-corrected chi connectivity index (χ0v) is 13.2. The molecule has 24 heavy (non-hydrogen) atoms. The molecule has 10 heteroatoms. The van der Waals surface area contributed by atoms with Crippen molar-refractivity contribution in [1.82, 2.24) is 20.3 Å². The van der Waals surface area contributed by atoms with E-state index in [4.69, 9.17) is 4.74 Å². The third-order valence-electron chi connectivity index (χ3n) is 4.38. The van der Waals surface area contributed by atoms with Crippen LogP contribution in [0, 0.1) is 0 Å². The Morgan fingerprint density at radius 1 is 1.46 bits per heavy atom. The number of amides is 1. The van der Waals surface area contributed by atoms with Crippen molar-refractivity contribution in [2.24, 2.45) is 0 Å². The Hall–Kier alpha value is -1.68. The maximum Gasteiger partial charge on any atom is 0.524 e. The minimum absolute atomic E-state index is 0.0552. The van der Waals surface area contributed by atoms with Crippen LogP contribution in [0.1, 0.15) is 50.8 Å². The van der Waals surface area contributed by atoms with Crippen molar-refractivity contribution in [2.75, 3.05) is 6.61 Å². The van der Waals surface area contributed by atoms with Gasteiger partial charge < -0.3 is 10.1 Å². The summed E-state index contributed by atoms with van der Waals surface area (Å²) in [5.74, 6) is -0.121. The molecular formula is C14H19F3N4O3. The smallest absolute Gasteiger partial charge is 0.370 e. The molecule has 1 saturated heterocycles. The number of hydrogen-bond donors (Lipinski definition) is 1. The first kappa shape index (κ1) is 17.2. The van der Waals surface area contributed by atoms with Gasteiger partial charge in [-0.3, -0.25) is 9.53 Å². The molecular weight excluding hydrogens is 329 g/mol. The number of carbonyl (C=O) groups excluding carboxylic acids is 1. The van der Waals surface area contributed by atoms with E-state index in [0.717, 1.165) is 4.68 Å². The third kappa shape index (κ3) is 3.69. The van der Waals surface area contributed by atoms with Gasteiger partial charge in [0, 0.05) is 6.92 Å². The predicted octanol–water partition coefficient (Wildman–Crippen LogP) is 2.01. The largest absolute Gasteiger partial charge is 0.524 e. The van der Waals surface area contributed by atoms with Gasteiger partial charge in [-0.2, -0.15) is 0 Å². The number of aromatic nitrogens is 3. The Morgan fingerprint density at radius 3 is 2.71 bits per heavy atom. The number of rotatable bonds is 4. The molecule has 0 bridgehead atoms. The number of hydrogen-bond acceptors (Lipinski definition) is 5. The van der Waals surface area contributed by atoms with Crippen molar-refractivity contribution in [3.8, 4) is 0 Å². The second-order valence-electron chi connectivity index (χ2n) is 6.23. The SMILES string of the molecule is CC(=O)N[C@@H]1CC[C@@H](c2cn(C3(OC(F)(F)F)CCC3)nn2)OC1. The molecule has 1 N–H and O–H groups in total. The molecule has 0 unspecified atom stereocenters. The number of carbonyl (C=O) groups is 1. The predicted molar refractivity (Wildman–Crippen MR) is 74.5 cm³/mol. The van der Waals surface area contributed by atoms with Crippen molar-refractivity contribution in [3.05, 3.63) is 11.9 Å². The van der Waals surface area contributed by atoms with Crippen molar-refractivity contribution in [3.63, 3.8) is 0 Å².